The number of para-hydroxylation sites is 1. The quantitative estimate of drug-likeness (QED) is 0.332. The van der Waals surface area contributed by atoms with Gasteiger partial charge in [-0.3, -0.25) is 4.72 Å². The minimum atomic E-state index is -3.38. The van der Waals surface area contributed by atoms with Gasteiger partial charge in [0.1, 0.15) is 0 Å². The minimum absolute atomic E-state index is 0.387. The summed E-state index contributed by atoms with van der Waals surface area (Å²) in [5.41, 5.74) is 10.1. The molecule has 8 heteroatoms. The highest BCUT2D eigenvalue weighted by atomic mass is 35.5. The molecule has 0 bridgehead atoms. The van der Waals surface area contributed by atoms with Gasteiger partial charge in [0.15, 0.2) is 0 Å². The van der Waals surface area contributed by atoms with Gasteiger partial charge in [0.2, 0.25) is 10.0 Å². The number of rotatable bonds is 4. The number of nitrogens with one attached hydrogen (secondary N) is 2. The average molecular weight is 413 g/mol. The van der Waals surface area contributed by atoms with E-state index in [1.807, 2.05) is 42.5 Å². The van der Waals surface area contributed by atoms with Crippen LogP contribution in [0.4, 0.5) is 22.7 Å². The van der Waals surface area contributed by atoms with E-state index in [4.69, 9.17) is 17.3 Å². The number of nitrogen functional groups attached to an aromatic ring is 1. The minimum Gasteiger partial charge on any atom is -0.399 e. The number of nitrogens with two attached hydrogens (primary N) is 1. The van der Waals surface area contributed by atoms with Gasteiger partial charge in [-0.2, -0.15) is 0 Å². The van der Waals surface area contributed by atoms with Crippen LogP contribution in [-0.2, 0) is 10.0 Å². The topological polar surface area (TPSA) is 97.1 Å². The van der Waals surface area contributed by atoms with Crippen LogP contribution in [0.25, 0.3) is 21.8 Å². The number of nitrogens with zero attached hydrogens (tertiary/aromatic N) is 1. The first-order valence-corrected chi connectivity index (χ1v) is 10.7. The number of benzene rings is 3. The summed E-state index contributed by atoms with van der Waals surface area (Å²) >= 11 is 6.40. The second-order valence-electron chi connectivity index (χ2n) is 6.47. The summed E-state index contributed by atoms with van der Waals surface area (Å²) in [4.78, 5) is 4.69. The van der Waals surface area contributed by atoms with Gasteiger partial charge in [-0.05, 0) is 42.5 Å². The Labute approximate surface area is 167 Å². The number of pyridine rings is 1. The van der Waals surface area contributed by atoms with Crippen molar-refractivity contribution < 1.29 is 8.42 Å². The van der Waals surface area contributed by atoms with E-state index >= 15 is 0 Å². The van der Waals surface area contributed by atoms with Gasteiger partial charge in [-0.1, -0.05) is 29.8 Å². The maximum absolute atomic E-state index is 11.4. The van der Waals surface area contributed by atoms with E-state index in [-0.39, 0.29) is 0 Å². The van der Waals surface area contributed by atoms with E-state index in [1.165, 1.54) is 0 Å². The highest BCUT2D eigenvalue weighted by Gasteiger charge is 2.12. The lowest BCUT2D eigenvalue weighted by Crippen LogP contribution is -2.09. The molecule has 0 unspecified atom stereocenters. The molecule has 1 heterocycles. The molecule has 0 amide bonds. The van der Waals surface area contributed by atoms with E-state index < -0.39 is 10.0 Å². The van der Waals surface area contributed by atoms with Crippen molar-refractivity contribution in [2.45, 2.75) is 0 Å². The lowest BCUT2D eigenvalue weighted by molar-refractivity contribution is 0.607. The molecule has 142 valence electrons. The number of halogens is 1. The van der Waals surface area contributed by atoms with Gasteiger partial charge < -0.3 is 11.1 Å². The SMILES string of the molecule is CS(=O)(=O)Nc1ccc(Nc2c3ccccc3nc3cc(N)ccc23)c(Cl)c1. The first-order chi connectivity index (χ1) is 13.3. The maximum Gasteiger partial charge on any atom is 0.229 e. The number of anilines is 4. The van der Waals surface area contributed by atoms with Gasteiger partial charge in [-0.25, -0.2) is 13.4 Å². The summed E-state index contributed by atoms with van der Waals surface area (Å²) in [5, 5.41) is 5.61. The first-order valence-electron chi connectivity index (χ1n) is 8.42. The standard InChI is InChI=1S/C20H17ClN4O2S/c1-28(26,27)25-13-7-9-18(16(21)11-13)24-20-14-4-2-3-5-17(14)23-19-10-12(22)6-8-15(19)20/h2-11,25H,22H2,1H3,(H,23,24). The van der Waals surface area contributed by atoms with Crippen LogP contribution in [0.1, 0.15) is 0 Å². The maximum atomic E-state index is 11.4. The van der Waals surface area contributed by atoms with Crippen molar-refractivity contribution >= 4 is 66.2 Å². The van der Waals surface area contributed by atoms with Gasteiger partial charge in [0.05, 0.1) is 39.4 Å². The molecule has 6 nitrogen and oxygen atoms in total. The molecule has 4 N–H and O–H groups in total. The lowest BCUT2D eigenvalue weighted by atomic mass is 10.1. The highest BCUT2D eigenvalue weighted by Crippen LogP contribution is 2.36. The van der Waals surface area contributed by atoms with Crippen LogP contribution >= 0.6 is 11.6 Å². The Kier molecular flexibility index (Phi) is 4.49. The van der Waals surface area contributed by atoms with Gasteiger partial charge in [0, 0.05) is 16.5 Å². The van der Waals surface area contributed by atoms with Crippen molar-refractivity contribution in [2.24, 2.45) is 0 Å². The Hall–Kier alpha value is -3.03. The first kappa shape index (κ1) is 18.3. The third-order valence-corrected chi connectivity index (χ3v) is 5.16. The van der Waals surface area contributed by atoms with Gasteiger partial charge in [0.25, 0.3) is 0 Å². The molecule has 0 aliphatic heterocycles. The molecule has 0 aliphatic carbocycles. The zero-order valence-corrected chi connectivity index (χ0v) is 16.5. The molecule has 4 aromatic rings. The van der Waals surface area contributed by atoms with E-state index in [9.17, 15) is 8.42 Å². The molecular weight excluding hydrogens is 396 g/mol. The Morgan fingerprint density at radius 1 is 0.964 bits per heavy atom. The Morgan fingerprint density at radius 2 is 1.71 bits per heavy atom. The number of hydrogen-bond acceptors (Lipinski definition) is 5. The molecule has 0 saturated carbocycles. The molecule has 0 atom stereocenters. The second kappa shape index (κ2) is 6.85. The number of aromatic nitrogens is 1. The van der Waals surface area contributed by atoms with Crippen molar-refractivity contribution in [2.75, 3.05) is 22.0 Å². The van der Waals surface area contributed by atoms with Crippen LogP contribution in [0.5, 0.6) is 0 Å². The predicted octanol–water partition coefficient (Wildman–Crippen LogP) is 4.74. The van der Waals surface area contributed by atoms with Crippen molar-refractivity contribution in [3.05, 3.63) is 65.7 Å². The largest absolute Gasteiger partial charge is 0.399 e. The van der Waals surface area contributed by atoms with E-state index in [2.05, 4.69) is 15.0 Å². The van der Waals surface area contributed by atoms with Crippen LogP contribution in [-0.4, -0.2) is 19.7 Å². The molecule has 0 spiro atoms. The number of fused-ring (bicyclic) bond motifs is 2. The van der Waals surface area contributed by atoms with E-state index in [0.717, 1.165) is 33.7 Å². The van der Waals surface area contributed by atoms with Crippen LogP contribution in [0, 0.1) is 0 Å². The fourth-order valence-electron chi connectivity index (χ4n) is 3.07. The molecule has 0 radical (unpaired) electrons. The molecule has 3 aromatic carbocycles. The van der Waals surface area contributed by atoms with Crippen LogP contribution < -0.4 is 15.8 Å². The summed E-state index contributed by atoms with van der Waals surface area (Å²) < 4.78 is 25.3. The lowest BCUT2D eigenvalue weighted by Gasteiger charge is -2.15. The molecule has 0 saturated heterocycles. The monoisotopic (exact) mass is 412 g/mol. The van der Waals surface area contributed by atoms with Gasteiger partial charge in [-0.15, -0.1) is 0 Å². The van der Waals surface area contributed by atoms with E-state index in [1.54, 1.807) is 18.2 Å². The summed E-state index contributed by atoms with van der Waals surface area (Å²) in [7, 11) is -3.38. The van der Waals surface area contributed by atoms with Gasteiger partial charge >= 0.3 is 0 Å². The fourth-order valence-corrected chi connectivity index (χ4v) is 3.86. The predicted molar refractivity (Wildman–Crippen MR) is 117 cm³/mol. The van der Waals surface area contributed by atoms with Crippen molar-refractivity contribution in [1.82, 2.24) is 4.98 Å². The molecule has 0 aliphatic rings. The van der Waals surface area contributed by atoms with Crippen molar-refractivity contribution in [3.63, 3.8) is 0 Å². The van der Waals surface area contributed by atoms with Crippen molar-refractivity contribution in [3.8, 4) is 0 Å². The summed E-state index contributed by atoms with van der Waals surface area (Å²) in [5.74, 6) is 0. The fraction of sp³-hybridized carbons (Fsp3) is 0.0500. The Morgan fingerprint density at radius 3 is 2.46 bits per heavy atom. The zero-order chi connectivity index (χ0) is 19.9. The summed E-state index contributed by atoms with van der Waals surface area (Å²) in [6.07, 6.45) is 1.09. The normalized spacial score (nSPS) is 11.6. The molecule has 28 heavy (non-hydrogen) atoms. The van der Waals surface area contributed by atoms with Crippen LogP contribution in [0.15, 0.2) is 60.7 Å². The average Bonchev–Trinajstić information content (AvgIpc) is 2.62. The molecule has 1 aromatic heterocycles. The van der Waals surface area contributed by atoms with E-state index in [0.29, 0.717) is 22.1 Å². The van der Waals surface area contributed by atoms with Crippen molar-refractivity contribution in [1.29, 1.82) is 0 Å². The Balaban J connectivity index is 1.85. The summed E-state index contributed by atoms with van der Waals surface area (Å²) in [6.45, 7) is 0. The molecule has 0 fully saturated rings. The highest BCUT2D eigenvalue weighted by molar-refractivity contribution is 7.92. The molecular formula is C20H17ClN4O2S. The summed E-state index contributed by atoms with van der Waals surface area (Å²) in [6, 6.07) is 18.3. The number of sulfonamides is 1. The van der Waals surface area contributed by atoms with Crippen LogP contribution in [0.2, 0.25) is 5.02 Å². The zero-order valence-electron chi connectivity index (χ0n) is 14.9. The molecule has 4 rings (SSSR count). The smallest absolute Gasteiger partial charge is 0.229 e. The second-order valence-corrected chi connectivity index (χ2v) is 8.63. The third kappa shape index (κ3) is 3.67. The number of hydrogen-bond donors (Lipinski definition) is 3. The Bertz CT molecular complexity index is 1320. The third-order valence-electron chi connectivity index (χ3n) is 4.24. The van der Waals surface area contributed by atoms with Crippen LogP contribution in [0.3, 0.4) is 0 Å².